The van der Waals surface area contributed by atoms with Gasteiger partial charge in [0.05, 0.1) is 12.2 Å². The zero-order valence-electron chi connectivity index (χ0n) is 10.6. The molecular weight excluding hydrogens is 200 g/mol. The number of methoxy groups -OCH3 is 2. The Labute approximate surface area is 98.6 Å². The lowest BCUT2D eigenvalue weighted by Gasteiger charge is -2.27. The quantitative estimate of drug-likeness (QED) is 0.737. The summed E-state index contributed by atoms with van der Waals surface area (Å²) in [5, 5.41) is 0. The summed E-state index contributed by atoms with van der Waals surface area (Å²) in [6, 6.07) is 10.5. The fourth-order valence-corrected chi connectivity index (χ4v) is 1.95. The van der Waals surface area contributed by atoms with Crippen molar-refractivity contribution in [3.8, 4) is 0 Å². The third-order valence-electron chi connectivity index (χ3n) is 3.26. The number of hydrogen-bond donors (Lipinski definition) is 0. The molecule has 16 heavy (non-hydrogen) atoms. The molecule has 1 unspecified atom stereocenters. The van der Waals surface area contributed by atoms with Crippen molar-refractivity contribution in [3.05, 3.63) is 35.9 Å². The SMILES string of the molecule is CO[C@@H](C)C(Cc1ccccc1)[C@@H](C)OC. The van der Waals surface area contributed by atoms with E-state index in [4.69, 9.17) is 9.47 Å². The lowest BCUT2D eigenvalue weighted by Crippen LogP contribution is -2.32. The number of ether oxygens (including phenoxy) is 2. The second-order valence-corrected chi connectivity index (χ2v) is 4.24. The average molecular weight is 222 g/mol. The fourth-order valence-electron chi connectivity index (χ4n) is 1.95. The van der Waals surface area contributed by atoms with Crippen LogP contribution in [0.2, 0.25) is 0 Å². The van der Waals surface area contributed by atoms with Crippen molar-refractivity contribution >= 4 is 0 Å². The Hall–Kier alpha value is -0.860. The maximum absolute atomic E-state index is 5.43. The van der Waals surface area contributed by atoms with Crippen LogP contribution in [-0.2, 0) is 15.9 Å². The Kier molecular flexibility index (Phi) is 5.50. The van der Waals surface area contributed by atoms with E-state index in [1.807, 2.05) is 6.07 Å². The van der Waals surface area contributed by atoms with Gasteiger partial charge in [-0.15, -0.1) is 0 Å². The Morgan fingerprint density at radius 3 is 1.88 bits per heavy atom. The topological polar surface area (TPSA) is 18.5 Å². The largest absolute Gasteiger partial charge is 0.381 e. The van der Waals surface area contributed by atoms with E-state index in [-0.39, 0.29) is 12.2 Å². The molecule has 0 aromatic heterocycles. The number of benzene rings is 1. The maximum Gasteiger partial charge on any atom is 0.0599 e. The summed E-state index contributed by atoms with van der Waals surface area (Å²) >= 11 is 0. The first-order chi connectivity index (χ1) is 7.69. The molecule has 0 spiro atoms. The van der Waals surface area contributed by atoms with Gasteiger partial charge in [0.2, 0.25) is 0 Å². The van der Waals surface area contributed by atoms with Crippen LogP contribution in [0.1, 0.15) is 19.4 Å². The molecular formula is C14H22O2. The highest BCUT2D eigenvalue weighted by molar-refractivity contribution is 5.15. The molecule has 0 aliphatic heterocycles. The monoisotopic (exact) mass is 222 g/mol. The van der Waals surface area contributed by atoms with Crippen molar-refractivity contribution in [2.45, 2.75) is 32.5 Å². The first-order valence-corrected chi connectivity index (χ1v) is 5.78. The zero-order valence-corrected chi connectivity index (χ0v) is 10.6. The molecule has 3 atom stereocenters. The van der Waals surface area contributed by atoms with Gasteiger partial charge in [-0.2, -0.15) is 0 Å². The van der Waals surface area contributed by atoms with Crippen molar-refractivity contribution < 1.29 is 9.47 Å². The first kappa shape index (κ1) is 13.2. The Morgan fingerprint density at radius 1 is 0.938 bits per heavy atom. The van der Waals surface area contributed by atoms with Crippen molar-refractivity contribution in [3.63, 3.8) is 0 Å². The minimum absolute atomic E-state index is 0.204. The van der Waals surface area contributed by atoms with Gasteiger partial charge in [0.1, 0.15) is 0 Å². The summed E-state index contributed by atoms with van der Waals surface area (Å²) in [5.74, 6) is 0.386. The molecule has 1 aromatic rings. The highest BCUT2D eigenvalue weighted by atomic mass is 16.5. The summed E-state index contributed by atoms with van der Waals surface area (Å²) < 4.78 is 10.9. The van der Waals surface area contributed by atoms with Gasteiger partial charge in [0, 0.05) is 20.1 Å². The van der Waals surface area contributed by atoms with E-state index in [1.54, 1.807) is 14.2 Å². The normalized spacial score (nSPS) is 16.8. The minimum atomic E-state index is 0.204. The van der Waals surface area contributed by atoms with Crippen LogP contribution in [0.15, 0.2) is 30.3 Å². The summed E-state index contributed by atoms with van der Waals surface area (Å²) in [6.45, 7) is 4.20. The molecule has 2 heteroatoms. The summed E-state index contributed by atoms with van der Waals surface area (Å²) in [5.41, 5.74) is 1.33. The fraction of sp³-hybridized carbons (Fsp3) is 0.571. The van der Waals surface area contributed by atoms with E-state index in [9.17, 15) is 0 Å². The van der Waals surface area contributed by atoms with Crippen LogP contribution in [0.5, 0.6) is 0 Å². The second-order valence-electron chi connectivity index (χ2n) is 4.24. The van der Waals surface area contributed by atoms with Crippen LogP contribution in [0.4, 0.5) is 0 Å². The summed E-state index contributed by atoms with van der Waals surface area (Å²) in [6.07, 6.45) is 1.40. The molecule has 0 radical (unpaired) electrons. The van der Waals surface area contributed by atoms with E-state index in [0.717, 1.165) is 6.42 Å². The first-order valence-electron chi connectivity index (χ1n) is 5.78. The van der Waals surface area contributed by atoms with Crippen molar-refractivity contribution in [2.75, 3.05) is 14.2 Å². The molecule has 0 fully saturated rings. The minimum Gasteiger partial charge on any atom is -0.381 e. The third-order valence-corrected chi connectivity index (χ3v) is 3.26. The Balaban J connectivity index is 2.71. The van der Waals surface area contributed by atoms with Gasteiger partial charge in [-0.05, 0) is 25.8 Å². The predicted molar refractivity (Wildman–Crippen MR) is 66.6 cm³/mol. The lowest BCUT2D eigenvalue weighted by molar-refractivity contribution is -0.0166. The van der Waals surface area contributed by atoms with Gasteiger partial charge < -0.3 is 9.47 Å². The van der Waals surface area contributed by atoms with Gasteiger partial charge in [-0.1, -0.05) is 30.3 Å². The van der Waals surface area contributed by atoms with E-state index in [2.05, 4.69) is 38.1 Å². The Morgan fingerprint density at radius 2 is 1.44 bits per heavy atom. The van der Waals surface area contributed by atoms with E-state index in [0.29, 0.717) is 5.92 Å². The van der Waals surface area contributed by atoms with Gasteiger partial charge in [-0.3, -0.25) is 0 Å². The molecule has 0 N–H and O–H groups in total. The van der Waals surface area contributed by atoms with Gasteiger partial charge >= 0.3 is 0 Å². The second kappa shape index (κ2) is 6.66. The van der Waals surface area contributed by atoms with E-state index < -0.39 is 0 Å². The van der Waals surface area contributed by atoms with Gasteiger partial charge in [0.15, 0.2) is 0 Å². The van der Waals surface area contributed by atoms with Crippen LogP contribution in [0, 0.1) is 5.92 Å². The van der Waals surface area contributed by atoms with Crippen LogP contribution >= 0.6 is 0 Å². The smallest absolute Gasteiger partial charge is 0.0599 e. The highest BCUT2D eigenvalue weighted by Gasteiger charge is 2.23. The average Bonchev–Trinajstić information content (AvgIpc) is 2.35. The standard InChI is InChI=1S/C14H22O2/c1-11(15-3)14(12(2)16-4)10-13-8-6-5-7-9-13/h5-9,11-12,14H,10H2,1-4H3/t11-,12+,14?. The molecule has 0 bridgehead atoms. The molecule has 1 rings (SSSR count). The highest BCUT2D eigenvalue weighted by Crippen LogP contribution is 2.20. The van der Waals surface area contributed by atoms with Crippen molar-refractivity contribution in [1.82, 2.24) is 0 Å². The van der Waals surface area contributed by atoms with Crippen LogP contribution in [0.3, 0.4) is 0 Å². The number of hydrogen-bond acceptors (Lipinski definition) is 2. The van der Waals surface area contributed by atoms with Crippen LogP contribution in [-0.4, -0.2) is 26.4 Å². The molecule has 0 aliphatic rings. The van der Waals surface area contributed by atoms with E-state index >= 15 is 0 Å². The molecule has 90 valence electrons. The number of rotatable bonds is 6. The third kappa shape index (κ3) is 3.62. The lowest BCUT2D eigenvalue weighted by atomic mass is 9.90. The van der Waals surface area contributed by atoms with Crippen molar-refractivity contribution in [2.24, 2.45) is 5.92 Å². The molecule has 1 aromatic carbocycles. The van der Waals surface area contributed by atoms with Gasteiger partial charge in [0.25, 0.3) is 0 Å². The maximum atomic E-state index is 5.43. The van der Waals surface area contributed by atoms with Gasteiger partial charge in [-0.25, -0.2) is 0 Å². The predicted octanol–water partition coefficient (Wildman–Crippen LogP) is 2.92. The Bertz CT molecular complexity index is 274. The van der Waals surface area contributed by atoms with Crippen LogP contribution in [0.25, 0.3) is 0 Å². The van der Waals surface area contributed by atoms with Crippen molar-refractivity contribution in [1.29, 1.82) is 0 Å². The molecule has 0 aliphatic carbocycles. The molecule has 2 nitrogen and oxygen atoms in total. The van der Waals surface area contributed by atoms with E-state index in [1.165, 1.54) is 5.56 Å². The molecule has 0 heterocycles. The zero-order chi connectivity index (χ0) is 12.0. The molecule has 0 saturated heterocycles. The summed E-state index contributed by atoms with van der Waals surface area (Å²) in [4.78, 5) is 0. The molecule has 0 saturated carbocycles. The molecule has 0 amide bonds. The van der Waals surface area contributed by atoms with Crippen LogP contribution < -0.4 is 0 Å². The summed E-state index contributed by atoms with van der Waals surface area (Å²) in [7, 11) is 3.51.